The number of aromatic nitrogens is 3. The zero-order valence-electron chi connectivity index (χ0n) is 17.3. The van der Waals surface area contributed by atoms with E-state index in [0.717, 1.165) is 15.8 Å². The first kappa shape index (κ1) is 22.1. The van der Waals surface area contributed by atoms with Crippen LogP contribution in [0.15, 0.2) is 18.2 Å². The maximum absolute atomic E-state index is 12.9. The first-order valence-electron chi connectivity index (χ1n) is 9.51. The maximum Gasteiger partial charge on any atom is 0.361 e. The van der Waals surface area contributed by atoms with Crippen LogP contribution in [0.5, 0.6) is 0 Å². The Bertz CT molecular complexity index is 906. The van der Waals surface area contributed by atoms with Gasteiger partial charge in [-0.2, -0.15) is 0 Å². The van der Waals surface area contributed by atoms with E-state index in [0.29, 0.717) is 12.1 Å². The lowest BCUT2D eigenvalue weighted by Gasteiger charge is -2.17. The summed E-state index contributed by atoms with van der Waals surface area (Å²) in [5.74, 6) is -1.98. The summed E-state index contributed by atoms with van der Waals surface area (Å²) in [6.45, 7) is 9.18. The summed E-state index contributed by atoms with van der Waals surface area (Å²) in [5, 5.41) is 10.5. The number of hydrogen-bond acceptors (Lipinski definition) is 7. The van der Waals surface area contributed by atoms with Crippen molar-refractivity contribution >= 4 is 23.5 Å². The summed E-state index contributed by atoms with van der Waals surface area (Å²) in [6, 6.07) is 4.69. The number of ether oxygens (including phenoxy) is 2. The molecule has 1 unspecified atom stereocenters. The summed E-state index contributed by atoms with van der Waals surface area (Å²) in [4.78, 5) is 37.6. The summed E-state index contributed by atoms with van der Waals surface area (Å²) >= 11 is 0. The van der Waals surface area contributed by atoms with Crippen LogP contribution in [0.3, 0.4) is 0 Å². The van der Waals surface area contributed by atoms with Gasteiger partial charge in [-0.05, 0) is 57.4 Å². The molecular formula is C20H26N4O5. The highest BCUT2D eigenvalue weighted by molar-refractivity contribution is 6.01. The fraction of sp³-hybridized carbons (Fsp3) is 0.450. The minimum atomic E-state index is -0.869. The Balaban J connectivity index is 2.40. The third-order valence-electron chi connectivity index (χ3n) is 4.39. The molecule has 1 atom stereocenters. The highest BCUT2D eigenvalue weighted by atomic mass is 16.5. The van der Waals surface area contributed by atoms with Crippen LogP contribution in [0.4, 0.5) is 5.69 Å². The quantitative estimate of drug-likeness (QED) is 0.676. The zero-order valence-corrected chi connectivity index (χ0v) is 17.3. The third kappa shape index (κ3) is 4.98. The van der Waals surface area contributed by atoms with Crippen molar-refractivity contribution in [3.63, 3.8) is 0 Å². The van der Waals surface area contributed by atoms with Gasteiger partial charge >= 0.3 is 11.9 Å². The minimum absolute atomic E-state index is 0.0951. The van der Waals surface area contributed by atoms with Crippen LogP contribution < -0.4 is 5.32 Å². The second kappa shape index (κ2) is 9.81. The van der Waals surface area contributed by atoms with Crippen LogP contribution in [0.2, 0.25) is 0 Å². The van der Waals surface area contributed by atoms with Crippen LogP contribution in [0, 0.1) is 13.8 Å². The fourth-order valence-electron chi connectivity index (χ4n) is 2.75. The Morgan fingerprint density at radius 2 is 1.69 bits per heavy atom. The second-order valence-corrected chi connectivity index (χ2v) is 6.38. The summed E-state index contributed by atoms with van der Waals surface area (Å²) < 4.78 is 11.1. The monoisotopic (exact) mass is 402 g/mol. The number of hydrogen-bond donors (Lipinski definition) is 1. The van der Waals surface area contributed by atoms with Gasteiger partial charge in [-0.25, -0.2) is 14.3 Å². The molecule has 1 aromatic heterocycles. The average molecular weight is 402 g/mol. The highest BCUT2D eigenvalue weighted by Gasteiger charge is 2.33. The van der Waals surface area contributed by atoms with Crippen LogP contribution in [-0.2, 0) is 14.3 Å². The molecule has 156 valence electrons. The highest BCUT2D eigenvalue weighted by Crippen LogP contribution is 2.21. The predicted molar refractivity (Wildman–Crippen MR) is 106 cm³/mol. The molecule has 1 N–H and O–H groups in total. The molecule has 0 radical (unpaired) electrons. The van der Waals surface area contributed by atoms with Crippen molar-refractivity contribution < 1.29 is 23.9 Å². The Kier molecular flexibility index (Phi) is 7.46. The van der Waals surface area contributed by atoms with Gasteiger partial charge in [-0.3, -0.25) is 4.79 Å². The fourth-order valence-corrected chi connectivity index (χ4v) is 2.75. The molecule has 2 rings (SSSR count). The van der Waals surface area contributed by atoms with Gasteiger partial charge in [0.15, 0.2) is 5.69 Å². The molecule has 0 aliphatic carbocycles. The van der Waals surface area contributed by atoms with Gasteiger partial charge in [-0.15, -0.1) is 5.10 Å². The zero-order chi connectivity index (χ0) is 21.6. The molecule has 9 heteroatoms. The van der Waals surface area contributed by atoms with Gasteiger partial charge in [0, 0.05) is 5.69 Å². The molecular weight excluding hydrogens is 376 g/mol. The summed E-state index contributed by atoms with van der Waals surface area (Å²) in [7, 11) is 0. The van der Waals surface area contributed by atoms with E-state index in [1.807, 2.05) is 26.0 Å². The number of nitrogens with one attached hydrogen (secondary N) is 1. The van der Waals surface area contributed by atoms with Gasteiger partial charge in [0.25, 0.3) is 0 Å². The third-order valence-corrected chi connectivity index (χ3v) is 4.39. The SMILES string of the molecule is CCOC(=O)c1nnn(C(CC)C(=O)Nc2ccc(C)c(C)c2)c1C(=O)OCC. The maximum atomic E-state index is 12.9. The first-order chi connectivity index (χ1) is 13.8. The first-order valence-corrected chi connectivity index (χ1v) is 9.51. The number of esters is 2. The van der Waals surface area contributed by atoms with E-state index in [4.69, 9.17) is 9.47 Å². The molecule has 0 saturated carbocycles. The van der Waals surface area contributed by atoms with Crippen LogP contribution in [0.25, 0.3) is 0 Å². The van der Waals surface area contributed by atoms with E-state index in [1.54, 1.807) is 26.8 Å². The van der Waals surface area contributed by atoms with Gasteiger partial charge in [0.2, 0.25) is 11.6 Å². The Morgan fingerprint density at radius 1 is 1.03 bits per heavy atom. The van der Waals surface area contributed by atoms with Crippen molar-refractivity contribution in [1.82, 2.24) is 15.0 Å². The topological polar surface area (TPSA) is 112 Å². The van der Waals surface area contributed by atoms with Crippen molar-refractivity contribution in [1.29, 1.82) is 0 Å². The summed E-state index contributed by atoms with van der Waals surface area (Å²) in [5.41, 5.74) is 2.29. The molecule has 1 amide bonds. The second-order valence-electron chi connectivity index (χ2n) is 6.38. The number of carbonyl (C=O) groups excluding carboxylic acids is 3. The van der Waals surface area contributed by atoms with E-state index in [-0.39, 0.29) is 30.5 Å². The molecule has 1 heterocycles. The molecule has 2 aromatic rings. The molecule has 29 heavy (non-hydrogen) atoms. The number of amides is 1. The van der Waals surface area contributed by atoms with Crippen molar-refractivity contribution in [3.05, 3.63) is 40.7 Å². The number of benzene rings is 1. The molecule has 9 nitrogen and oxygen atoms in total. The standard InChI is InChI=1S/C20H26N4O5/c1-6-15(18(25)21-14-10-9-12(4)13(5)11-14)24-17(20(27)29-8-3)16(22-23-24)19(26)28-7-2/h9-11,15H,6-8H2,1-5H3,(H,21,25). The van der Waals surface area contributed by atoms with Gasteiger partial charge in [0.1, 0.15) is 6.04 Å². The molecule has 0 aliphatic heterocycles. The minimum Gasteiger partial charge on any atom is -0.461 e. The number of aryl methyl sites for hydroxylation is 2. The average Bonchev–Trinajstić information content (AvgIpc) is 3.10. The Hall–Kier alpha value is -3.23. The lowest BCUT2D eigenvalue weighted by Crippen LogP contribution is -2.29. The lowest BCUT2D eigenvalue weighted by atomic mass is 10.1. The van der Waals surface area contributed by atoms with Crippen molar-refractivity contribution in [2.75, 3.05) is 18.5 Å². The lowest BCUT2D eigenvalue weighted by molar-refractivity contribution is -0.119. The van der Waals surface area contributed by atoms with Crippen LogP contribution >= 0.6 is 0 Å². The molecule has 0 fully saturated rings. The van der Waals surface area contributed by atoms with E-state index >= 15 is 0 Å². The number of rotatable bonds is 8. The molecule has 0 bridgehead atoms. The molecule has 0 saturated heterocycles. The molecule has 0 aliphatic rings. The normalized spacial score (nSPS) is 11.6. The summed E-state index contributed by atoms with van der Waals surface area (Å²) in [6.07, 6.45) is 0.314. The van der Waals surface area contributed by atoms with E-state index in [9.17, 15) is 14.4 Å². The van der Waals surface area contributed by atoms with E-state index < -0.39 is 18.0 Å². The predicted octanol–water partition coefficient (Wildman–Crippen LogP) is 2.84. The van der Waals surface area contributed by atoms with Gasteiger partial charge < -0.3 is 14.8 Å². The van der Waals surface area contributed by atoms with Gasteiger partial charge in [0.05, 0.1) is 13.2 Å². The number of anilines is 1. The Labute approximate surface area is 169 Å². The van der Waals surface area contributed by atoms with Gasteiger partial charge in [-0.1, -0.05) is 18.2 Å². The van der Waals surface area contributed by atoms with Crippen molar-refractivity contribution in [3.8, 4) is 0 Å². The van der Waals surface area contributed by atoms with Crippen LogP contribution in [0.1, 0.15) is 65.3 Å². The molecule has 0 spiro atoms. The van der Waals surface area contributed by atoms with E-state index in [1.165, 1.54) is 0 Å². The smallest absolute Gasteiger partial charge is 0.361 e. The van der Waals surface area contributed by atoms with E-state index in [2.05, 4.69) is 15.6 Å². The van der Waals surface area contributed by atoms with Crippen molar-refractivity contribution in [2.24, 2.45) is 0 Å². The van der Waals surface area contributed by atoms with Crippen molar-refractivity contribution in [2.45, 2.75) is 47.1 Å². The number of carbonyl (C=O) groups is 3. The number of nitrogens with zero attached hydrogens (tertiary/aromatic N) is 3. The molecule has 1 aromatic carbocycles. The Morgan fingerprint density at radius 3 is 2.28 bits per heavy atom. The van der Waals surface area contributed by atoms with Crippen LogP contribution in [-0.4, -0.2) is 46.1 Å². The largest absolute Gasteiger partial charge is 0.461 e.